The topological polar surface area (TPSA) is 181 Å². The van der Waals surface area contributed by atoms with Crippen LogP contribution < -0.4 is 21.3 Å². The molecule has 7 N–H and O–H groups in total. The first-order valence-corrected chi connectivity index (χ1v) is 13.6. The summed E-state index contributed by atoms with van der Waals surface area (Å²) < 4.78 is 0. The van der Waals surface area contributed by atoms with Crippen LogP contribution in [0, 0.1) is 5.92 Å². The van der Waals surface area contributed by atoms with E-state index < -0.39 is 35.9 Å². The summed E-state index contributed by atoms with van der Waals surface area (Å²) in [5, 5.41) is 22.1. The molecule has 4 rings (SSSR count). The number of imidazole rings is 1. The summed E-state index contributed by atoms with van der Waals surface area (Å²) in [6.45, 7) is 4.54. The summed E-state index contributed by atoms with van der Waals surface area (Å²) in [5.41, 5.74) is 2.28. The van der Waals surface area contributed by atoms with Gasteiger partial charge < -0.3 is 36.3 Å². The first-order valence-electron chi connectivity index (χ1n) is 13.6. The molecule has 214 valence electrons. The summed E-state index contributed by atoms with van der Waals surface area (Å²) in [4.78, 5) is 61.8. The fraction of sp³-hybridized carbons (Fsp3) is 0.464. The van der Waals surface area contributed by atoms with Gasteiger partial charge >= 0.3 is 5.97 Å². The zero-order valence-corrected chi connectivity index (χ0v) is 22.7. The lowest BCUT2D eigenvalue weighted by atomic mass is 10.0. The van der Waals surface area contributed by atoms with Gasteiger partial charge in [-0.25, -0.2) is 9.78 Å². The second-order valence-electron chi connectivity index (χ2n) is 10.6. The number of carboxylic acids is 1. The number of nitrogens with one attached hydrogen (secondary N) is 6. The second-order valence-corrected chi connectivity index (χ2v) is 10.6. The smallest absolute Gasteiger partial charge is 0.326 e. The predicted molar refractivity (Wildman–Crippen MR) is 148 cm³/mol. The minimum Gasteiger partial charge on any atom is -0.480 e. The SMILES string of the molecule is CC(C)CC(NC(=O)C(Cc1cnc[nH]1)NC(=O)C1CCCN1)C(=O)NC(Cc1c[nH]c2ccccc12)C(=O)O. The highest BCUT2D eigenvalue weighted by atomic mass is 16.4. The summed E-state index contributed by atoms with van der Waals surface area (Å²) >= 11 is 0. The van der Waals surface area contributed by atoms with Crippen LogP contribution in [0.1, 0.15) is 44.4 Å². The molecule has 12 nitrogen and oxygen atoms in total. The van der Waals surface area contributed by atoms with Crippen LogP contribution in [-0.4, -0.2) is 74.5 Å². The Hall–Kier alpha value is -4.19. The minimum atomic E-state index is -1.20. The van der Waals surface area contributed by atoms with Crippen molar-refractivity contribution >= 4 is 34.6 Å². The Morgan fingerprint density at radius 1 is 1.00 bits per heavy atom. The average molecular weight is 552 g/mol. The molecule has 2 aromatic heterocycles. The fourth-order valence-electron chi connectivity index (χ4n) is 4.97. The summed E-state index contributed by atoms with van der Waals surface area (Å²) in [7, 11) is 0. The standard InChI is InChI=1S/C28H37N7O5/c1-16(2)10-22(26(37)35-24(28(39)40)11-17-13-31-20-7-4-3-6-19(17)20)33-27(38)23(12-18-14-29-15-32-18)34-25(36)21-8-5-9-30-21/h3-4,6-7,13-16,21-24,30-31H,5,8-12H2,1-2H3,(H,29,32)(H,33,38)(H,34,36)(H,35,37)(H,39,40). The number of para-hydroxylation sites is 1. The maximum atomic E-state index is 13.5. The Balaban J connectivity index is 1.47. The first kappa shape index (κ1) is 28.8. The number of aromatic nitrogens is 3. The van der Waals surface area contributed by atoms with Crippen LogP contribution >= 0.6 is 0 Å². The number of benzene rings is 1. The molecule has 1 aliphatic heterocycles. The lowest BCUT2D eigenvalue weighted by Crippen LogP contribution is -2.58. The fourth-order valence-corrected chi connectivity index (χ4v) is 4.97. The highest BCUT2D eigenvalue weighted by molar-refractivity contribution is 5.94. The second kappa shape index (κ2) is 13.2. The van der Waals surface area contributed by atoms with Crippen molar-refractivity contribution in [1.82, 2.24) is 36.2 Å². The predicted octanol–water partition coefficient (Wildman–Crippen LogP) is 1.01. The third kappa shape index (κ3) is 7.47. The van der Waals surface area contributed by atoms with Crippen LogP contribution in [0.3, 0.4) is 0 Å². The average Bonchev–Trinajstić information content (AvgIpc) is 3.70. The zero-order valence-electron chi connectivity index (χ0n) is 22.7. The molecular weight excluding hydrogens is 514 g/mol. The van der Waals surface area contributed by atoms with E-state index >= 15 is 0 Å². The third-order valence-corrected chi connectivity index (χ3v) is 7.04. The van der Waals surface area contributed by atoms with Crippen molar-refractivity contribution in [1.29, 1.82) is 0 Å². The van der Waals surface area contributed by atoms with E-state index in [1.54, 1.807) is 12.4 Å². The Labute approximate surface area is 232 Å². The molecule has 40 heavy (non-hydrogen) atoms. The van der Waals surface area contributed by atoms with Crippen molar-refractivity contribution < 1.29 is 24.3 Å². The van der Waals surface area contributed by atoms with Crippen molar-refractivity contribution in [2.75, 3.05) is 6.54 Å². The van der Waals surface area contributed by atoms with Crippen molar-refractivity contribution in [3.8, 4) is 0 Å². The van der Waals surface area contributed by atoms with E-state index in [-0.39, 0.29) is 37.1 Å². The van der Waals surface area contributed by atoms with Gasteiger partial charge in [-0.1, -0.05) is 32.0 Å². The van der Waals surface area contributed by atoms with Crippen molar-refractivity contribution in [3.05, 3.63) is 54.2 Å². The highest BCUT2D eigenvalue weighted by Crippen LogP contribution is 2.19. The summed E-state index contributed by atoms with van der Waals surface area (Å²) in [6, 6.07) is 3.98. The molecule has 4 unspecified atom stereocenters. The number of rotatable bonds is 13. The molecule has 1 aromatic carbocycles. The van der Waals surface area contributed by atoms with Crippen LogP contribution in [0.25, 0.3) is 10.9 Å². The van der Waals surface area contributed by atoms with E-state index in [0.29, 0.717) is 12.1 Å². The Morgan fingerprint density at radius 2 is 1.75 bits per heavy atom. The maximum Gasteiger partial charge on any atom is 0.326 e. The van der Waals surface area contributed by atoms with Crippen molar-refractivity contribution in [3.63, 3.8) is 0 Å². The van der Waals surface area contributed by atoms with Crippen LogP contribution in [0.4, 0.5) is 0 Å². The van der Waals surface area contributed by atoms with Crippen molar-refractivity contribution in [2.24, 2.45) is 5.92 Å². The number of amides is 3. The molecule has 1 saturated heterocycles. The quantitative estimate of drug-likeness (QED) is 0.165. The van der Waals surface area contributed by atoms with Crippen molar-refractivity contribution in [2.45, 2.75) is 70.1 Å². The van der Waals surface area contributed by atoms with Gasteiger partial charge in [0.15, 0.2) is 0 Å². The molecule has 4 atom stereocenters. The van der Waals surface area contributed by atoms with Gasteiger partial charge in [0.1, 0.15) is 18.1 Å². The highest BCUT2D eigenvalue weighted by Gasteiger charge is 2.32. The van der Waals surface area contributed by atoms with E-state index in [9.17, 15) is 24.3 Å². The van der Waals surface area contributed by atoms with Crippen LogP contribution in [0.5, 0.6) is 0 Å². The van der Waals surface area contributed by atoms with Gasteiger partial charge in [-0.15, -0.1) is 0 Å². The number of aliphatic carboxylic acids is 1. The number of carboxylic acid groups (broad SMARTS) is 1. The van der Waals surface area contributed by atoms with Gasteiger partial charge in [0, 0.05) is 41.8 Å². The van der Waals surface area contributed by atoms with E-state index in [2.05, 4.69) is 36.2 Å². The Bertz CT molecular complexity index is 1310. The lowest BCUT2D eigenvalue weighted by Gasteiger charge is -2.26. The molecule has 3 heterocycles. The summed E-state index contributed by atoms with van der Waals surface area (Å²) in [5.74, 6) is -2.58. The molecule has 0 saturated carbocycles. The number of hydrogen-bond donors (Lipinski definition) is 7. The van der Waals surface area contributed by atoms with Gasteiger partial charge in [0.2, 0.25) is 17.7 Å². The Kier molecular flexibility index (Phi) is 9.54. The molecule has 0 radical (unpaired) electrons. The maximum absolute atomic E-state index is 13.5. The molecule has 0 aliphatic carbocycles. The number of hydrogen-bond acceptors (Lipinski definition) is 6. The molecule has 1 fully saturated rings. The summed E-state index contributed by atoms with van der Waals surface area (Å²) in [6.07, 6.45) is 6.85. The van der Waals surface area contributed by atoms with Crippen LogP contribution in [-0.2, 0) is 32.0 Å². The first-order chi connectivity index (χ1) is 19.2. The largest absolute Gasteiger partial charge is 0.480 e. The third-order valence-electron chi connectivity index (χ3n) is 7.04. The van der Waals surface area contributed by atoms with Gasteiger partial charge in [0.25, 0.3) is 0 Å². The number of nitrogens with zero attached hydrogens (tertiary/aromatic N) is 1. The number of fused-ring (bicyclic) bond motifs is 1. The molecule has 0 bridgehead atoms. The monoisotopic (exact) mass is 551 g/mol. The van der Waals surface area contributed by atoms with E-state index in [1.807, 2.05) is 38.1 Å². The van der Waals surface area contributed by atoms with Crippen LogP contribution in [0.15, 0.2) is 43.0 Å². The Morgan fingerprint density at radius 3 is 2.42 bits per heavy atom. The molecule has 1 aliphatic rings. The van der Waals surface area contributed by atoms with E-state index in [0.717, 1.165) is 29.4 Å². The molecular formula is C28H37N7O5. The zero-order chi connectivity index (χ0) is 28.6. The normalized spacial score (nSPS) is 17.3. The van der Waals surface area contributed by atoms with Crippen LogP contribution in [0.2, 0.25) is 0 Å². The minimum absolute atomic E-state index is 0.0243. The lowest BCUT2D eigenvalue weighted by molar-refractivity contribution is -0.142. The van der Waals surface area contributed by atoms with E-state index in [4.69, 9.17) is 0 Å². The number of H-pyrrole nitrogens is 2. The molecule has 3 aromatic rings. The van der Waals surface area contributed by atoms with Gasteiger partial charge in [-0.05, 0) is 43.4 Å². The van der Waals surface area contributed by atoms with Gasteiger partial charge in [0.05, 0.1) is 12.4 Å². The molecule has 0 spiro atoms. The number of aromatic amines is 2. The van der Waals surface area contributed by atoms with Gasteiger partial charge in [-0.3, -0.25) is 14.4 Å². The van der Waals surface area contributed by atoms with Gasteiger partial charge in [-0.2, -0.15) is 0 Å². The number of carbonyl (C=O) groups is 4. The molecule has 3 amide bonds. The molecule has 12 heteroatoms. The van der Waals surface area contributed by atoms with E-state index in [1.165, 1.54) is 6.33 Å². The number of carbonyl (C=O) groups excluding carboxylic acids is 3.